The lowest BCUT2D eigenvalue weighted by Gasteiger charge is -2.12. The first-order valence-corrected chi connectivity index (χ1v) is 4.11. The van der Waals surface area contributed by atoms with Crippen LogP contribution in [-0.2, 0) is 0 Å². The van der Waals surface area contributed by atoms with E-state index >= 15 is 0 Å². The van der Waals surface area contributed by atoms with Crippen molar-refractivity contribution in [3.8, 4) is 0 Å². The molecule has 0 nitrogen and oxygen atoms in total. The first-order chi connectivity index (χ1) is 3.55. The molecular weight excluding hydrogens is 163 g/mol. The van der Waals surface area contributed by atoms with E-state index in [0.29, 0.717) is 5.54 Å². The molecule has 0 saturated carbocycles. The molecule has 0 aliphatic carbocycles. The van der Waals surface area contributed by atoms with Gasteiger partial charge in [-0.2, -0.15) is 15.8 Å². The first kappa shape index (κ1) is 8.54. The maximum Gasteiger partial charge on any atom is 0.227 e. The molecular formula is C6H14BBr. The Kier molecular flexibility index (Phi) is 3.79. The average Bonchev–Trinajstić information content (AvgIpc) is 1.64. The van der Waals surface area contributed by atoms with Gasteiger partial charge in [0.05, 0.1) is 0 Å². The summed E-state index contributed by atoms with van der Waals surface area (Å²) in [5, 5.41) is 0. The van der Waals surface area contributed by atoms with E-state index in [1.807, 2.05) is 0 Å². The van der Waals surface area contributed by atoms with Crippen LogP contribution in [0.1, 0.15) is 27.7 Å². The smallest absolute Gasteiger partial charge is 0.156 e. The second-order valence-electron chi connectivity index (χ2n) is 2.93. The minimum atomic E-state index is 0.683. The molecule has 0 aromatic rings. The molecule has 48 valence electrons. The maximum absolute atomic E-state index is 3.61. The van der Waals surface area contributed by atoms with Crippen molar-refractivity contribution in [3.63, 3.8) is 0 Å². The Bertz CT molecular complexity index is 53.5. The largest absolute Gasteiger partial charge is 0.227 e. The van der Waals surface area contributed by atoms with Gasteiger partial charge in [0.1, 0.15) is 0 Å². The quantitative estimate of drug-likeness (QED) is 0.568. The minimum Gasteiger partial charge on any atom is -0.156 e. The fraction of sp³-hybridized carbons (Fsp3) is 1.00. The Balaban J connectivity index is 3.46. The van der Waals surface area contributed by atoms with E-state index in [2.05, 4.69) is 43.5 Å². The van der Waals surface area contributed by atoms with Crippen LogP contribution in [0, 0.1) is 0 Å². The van der Waals surface area contributed by atoms with Crippen LogP contribution in [0.4, 0.5) is 0 Å². The van der Waals surface area contributed by atoms with Gasteiger partial charge in [0.25, 0.3) is 0 Å². The molecule has 0 aliphatic heterocycles. The topological polar surface area (TPSA) is 0 Å². The fourth-order valence-corrected chi connectivity index (χ4v) is 0.770. The zero-order chi connectivity index (χ0) is 6.73. The normalized spacial score (nSPS) is 10.9. The van der Waals surface area contributed by atoms with Crippen LogP contribution in [0.25, 0.3) is 0 Å². The van der Waals surface area contributed by atoms with Gasteiger partial charge in [-0.1, -0.05) is 39.3 Å². The van der Waals surface area contributed by atoms with Gasteiger partial charge in [0.15, 0.2) is 0 Å². The van der Waals surface area contributed by atoms with Gasteiger partial charge >= 0.3 is 0 Å². The van der Waals surface area contributed by atoms with Crippen molar-refractivity contribution in [2.75, 3.05) is 0 Å². The standard InChI is InChI=1S/C6H14BBr/c1-5(2)7(8)6(3)4/h5-6H,1-4H3. The highest BCUT2D eigenvalue weighted by molar-refractivity contribution is 9.24. The molecule has 0 aliphatic rings. The van der Waals surface area contributed by atoms with Crippen molar-refractivity contribution in [1.29, 1.82) is 0 Å². The van der Waals surface area contributed by atoms with Gasteiger partial charge in [0.2, 0.25) is 5.54 Å². The van der Waals surface area contributed by atoms with E-state index in [1.54, 1.807) is 0 Å². The van der Waals surface area contributed by atoms with Gasteiger partial charge < -0.3 is 0 Å². The van der Waals surface area contributed by atoms with Crippen LogP contribution in [0.5, 0.6) is 0 Å². The Hall–Kier alpha value is 0.545. The number of hydrogen-bond acceptors (Lipinski definition) is 0. The van der Waals surface area contributed by atoms with Crippen LogP contribution in [0.3, 0.4) is 0 Å². The predicted octanol–water partition coefficient (Wildman–Crippen LogP) is 3.19. The summed E-state index contributed by atoms with van der Waals surface area (Å²) < 4.78 is 0. The lowest BCUT2D eigenvalue weighted by Crippen LogP contribution is -2.11. The highest BCUT2D eigenvalue weighted by Crippen LogP contribution is 2.24. The molecule has 0 atom stereocenters. The van der Waals surface area contributed by atoms with E-state index in [0.717, 1.165) is 11.6 Å². The van der Waals surface area contributed by atoms with Crippen molar-refractivity contribution in [2.24, 2.45) is 0 Å². The summed E-state index contributed by atoms with van der Waals surface area (Å²) in [6, 6.07) is 0. The van der Waals surface area contributed by atoms with Crippen LogP contribution in [0.15, 0.2) is 0 Å². The van der Waals surface area contributed by atoms with E-state index in [-0.39, 0.29) is 0 Å². The van der Waals surface area contributed by atoms with E-state index in [1.165, 1.54) is 0 Å². The summed E-state index contributed by atoms with van der Waals surface area (Å²) >= 11 is 3.61. The SMILES string of the molecule is CC(C)B(Br)C(C)C. The second-order valence-corrected chi connectivity index (χ2v) is 3.99. The Morgan fingerprint density at radius 1 is 1.00 bits per heavy atom. The van der Waals surface area contributed by atoms with Gasteiger partial charge in [-0.3, -0.25) is 0 Å². The summed E-state index contributed by atoms with van der Waals surface area (Å²) in [6.45, 7) is 8.94. The number of hydrogen-bond donors (Lipinski definition) is 0. The van der Waals surface area contributed by atoms with Crippen LogP contribution in [-0.4, -0.2) is 5.54 Å². The number of rotatable bonds is 2. The third-order valence-corrected chi connectivity index (χ3v) is 3.39. The first-order valence-electron chi connectivity index (χ1n) is 3.19. The van der Waals surface area contributed by atoms with Crippen molar-refractivity contribution >= 4 is 21.3 Å². The van der Waals surface area contributed by atoms with Crippen molar-refractivity contribution < 1.29 is 0 Å². The molecule has 0 unspecified atom stereocenters. The summed E-state index contributed by atoms with van der Waals surface area (Å²) in [5.41, 5.74) is 0.683. The highest BCUT2D eigenvalue weighted by Gasteiger charge is 2.17. The molecule has 0 heterocycles. The fourth-order valence-electron chi connectivity index (χ4n) is 0.770. The Labute approximate surface area is 61.1 Å². The Morgan fingerprint density at radius 3 is 1.25 bits per heavy atom. The molecule has 8 heavy (non-hydrogen) atoms. The third-order valence-electron chi connectivity index (χ3n) is 1.27. The summed E-state index contributed by atoms with van der Waals surface area (Å²) in [7, 11) is 0. The van der Waals surface area contributed by atoms with E-state index in [4.69, 9.17) is 0 Å². The van der Waals surface area contributed by atoms with Gasteiger partial charge in [0, 0.05) is 0 Å². The average molecular weight is 177 g/mol. The molecule has 0 rings (SSSR count). The second kappa shape index (κ2) is 3.55. The molecule has 0 radical (unpaired) electrons. The van der Waals surface area contributed by atoms with E-state index in [9.17, 15) is 0 Å². The molecule has 0 spiro atoms. The maximum atomic E-state index is 3.61. The zero-order valence-electron chi connectivity index (χ0n) is 6.11. The molecule has 2 heteroatoms. The van der Waals surface area contributed by atoms with Crippen molar-refractivity contribution in [1.82, 2.24) is 0 Å². The molecule has 0 N–H and O–H groups in total. The van der Waals surface area contributed by atoms with Gasteiger partial charge in [-0.25, -0.2) is 0 Å². The lowest BCUT2D eigenvalue weighted by molar-refractivity contribution is 0.965. The lowest BCUT2D eigenvalue weighted by atomic mass is 9.57. The highest BCUT2D eigenvalue weighted by atomic mass is 79.9. The molecule has 0 fully saturated rings. The molecule has 0 aromatic carbocycles. The van der Waals surface area contributed by atoms with Crippen molar-refractivity contribution in [3.05, 3.63) is 0 Å². The number of halogens is 1. The van der Waals surface area contributed by atoms with Crippen LogP contribution < -0.4 is 0 Å². The molecule has 0 amide bonds. The summed E-state index contributed by atoms with van der Waals surface area (Å²) in [5.74, 6) is 1.52. The van der Waals surface area contributed by atoms with Gasteiger partial charge in [-0.15, -0.1) is 0 Å². The minimum absolute atomic E-state index is 0.683. The van der Waals surface area contributed by atoms with Crippen molar-refractivity contribution in [2.45, 2.75) is 39.3 Å². The molecule has 0 aromatic heterocycles. The third kappa shape index (κ3) is 2.76. The molecule has 0 bridgehead atoms. The van der Waals surface area contributed by atoms with Crippen LogP contribution in [0.2, 0.25) is 11.6 Å². The monoisotopic (exact) mass is 176 g/mol. The molecule has 0 saturated heterocycles. The summed E-state index contributed by atoms with van der Waals surface area (Å²) in [4.78, 5) is 0. The zero-order valence-corrected chi connectivity index (χ0v) is 7.70. The van der Waals surface area contributed by atoms with E-state index < -0.39 is 0 Å². The van der Waals surface area contributed by atoms with Crippen LogP contribution >= 0.6 is 15.8 Å². The predicted molar refractivity (Wildman–Crippen MR) is 44.9 cm³/mol. The Morgan fingerprint density at radius 2 is 1.25 bits per heavy atom. The van der Waals surface area contributed by atoms with Gasteiger partial charge in [-0.05, 0) is 0 Å². The summed E-state index contributed by atoms with van der Waals surface area (Å²) in [6.07, 6.45) is 0.